The molecule has 144 valence electrons. The van der Waals surface area contributed by atoms with Crippen LogP contribution in [0.3, 0.4) is 0 Å². The highest BCUT2D eigenvalue weighted by molar-refractivity contribution is 5.82. The molecule has 1 atom stereocenters. The van der Waals surface area contributed by atoms with Crippen LogP contribution in [0.5, 0.6) is 0 Å². The summed E-state index contributed by atoms with van der Waals surface area (Å²) in [6.45, 7) is 0.757. The van der Waals surface area contributed by atoms with Gasteiger partial charge in [-0.2, -0.15) is 18.3 Å². The molecule has 10 heteroatoms. The molecular formula is C16H22F3N5O2. The Kier molecular flexibility index (Phi) is 4.96. The van der Waals surface area contributed by atoms with Gasteiger partial charge < -0.3 is 10.6 Å². The Morgan fingerprint density at radius 3 is 2.58 bits per heavy atom. The average molecular weight is 373 g/mol. The largest absolute Gasteiger partial charge is 0.435 e. The van der Waals surface area contributed by atoms with Crippen molar-refractivity contribution in [1.29, 1.82) is 0 Å². The molecule has 3 rings (SSSR count). The van der Waals surface area contributed by atoms with Crippen molar-refractivity contribution in [2.45, 2.75) is 44.4 Å². The highest BCUT2D eigenvalue weighted by atomic mass is 19.4. The molecular weight excluding hydrogens is 351 g/mol. The molecule has 2 heterocycles. The first-order chi connectivity index (χ1) is 12.2. The molecule has 0 saturated carbocycles. The second-order valence-electron chi connectivity index (χ2n) is 6.87. The van der Waals surface area contributed by atoms with Crippen molar-refractivity contribution in [3.63, 3.8) is 0 Å². The Labute approximate surface area is 148 Å². The van der Waals surface area contributed by atoms with Crippen molar-refractivity contribution in [2.24, 2.45) is 5.73 Å². The zero-order chi connectivity index (χ0) is 19.1. The van der Waals surface area contributed by atoms with E-state index in [1.54, 1.807) is 11.9 Å². The minimum Gasteiger partial charge on any atom is -0.368 e. The maximum Gasteiger partial charge on any atom is 0.435 e. The number of halogens is 3. The number of piperazine rings is 1. The molecule has 0 unspecified atom stereocenters. The van der Waals surface area contributed by atoms with E-state index in [9.17, 15) is 22.8 Å². The van der Waals surface area contributed by atoms with Gasteiger partial charge in [0, 0.05) is 30.9 Å². The smallest absolute Gasteiger partial charge is 0.368 e. The second kappa shape index (κ2) is 6.90. The van der Waals surface area contributed by atoms with E-state index >= 15 is 0 Å². The van der Waals surface area contributed by atoms with E-state index in [0.29, 0.717) is 38.0 Å². The summed E-state index contributed by atoms with van der Waals surface area (Å²) in [5.74, 6) is -0.880. The Balaban J connectivity index is 1.80. The molecule has 0 bridgehead atoms. The normalized spacial score (nSPS) is 21.5. The Morgan fingerprint density at radius 2 is 1.92 bits per heavy atom. The zero-order valence-electron chi connectivity index (χ0n) is 14.6. The van der Waals surface area contributed by atoms with Crippen molar-refractivity contribution in [2.75, 3.05) is 26.7 Å². The molecule has 1 saturated heterocycles. The number of carbonyl (C=O) groups excluding carboxylic acids is 2. The molecule has 2 amide bonds. The highest BCUT2D eigenvalue weighted by Crippen LogP contribution is 2.35. The van der Waals surface area contributed by atoms with Gasteiger partial charge in [0.2, 0.25) is 11.8 Å². The van der Waals surface area contributed by atoms with E-state index in [4.69, 9.17) is 5.73 Å². The number of primary amides is 1. The number of hydrogen-bond acceptors (Lipinski definition) is 4. The number of fused-ring (bicyclic) bond motifs is 1. The second-order valence-corrected chi connectivity index (χ2v) is 6.87. The van der Waals surface area contributed by atoms with Gasteiger partial charge in [-0.05, 0) is 32.7 Å². The van der Waals surface area contributed by atoms with Crippen molar-refractivity contribution >= 4 is 11.8 Å². The van der Waals surface area contributed by atoms with Crippen LogP contribution in [0.4, 0.5) is 13.2 Å². The van der Waals surface area contributed by atoms with Crippen LogP contribution in [0.2, 0.25) is 0 Å². The molecule has 1 aliphatic carbocycles. The first-order valence-electron chi connectivity index (χ1n) is 8.61. The zero-order valence-corrected chi connectivity index (χ0v) is 14.6. The Hall–Kier alpha value is -2.10. The van der Waals surface area contributed by atoms with Crippen LogP contribution in [0, 0.1) is 0 Å². The number of aromatic nitrogens is 2. The van der Waals surface area contributed by atoms with Gasteiger partial charge in [-0.1, -0.05) is 0 Å². The first-order valence-corrected chi connectivity index (χ1v) is 8.61. The maximum atomic E-state index is 13.2. The van der Waals surface area contributed by atoms with Crippen molar-refractivity contribution in [3.05, 3.63) is 17.0 Å². The lowest BCUT2D eigenvalue weighted by Gasteiger charge is -2.37. The summed E-state index contributed by atoms with van der Waals surface area (Å²) < 4.78 is 40.9. The fourth-order valence-electron chi connectivity index (χ4n) is 3.66. The maximum absolute atomic E-state index is 13.2. The lowest BCUT2D eigenvalue weighted by atomic mass is 9.95. The standard InChI is InChI=1S/C16H22F3N5O2/c1-22-6-7-23(8-12(22)15(20)26)13(25)9-24-11-5-3-2-4-10(11)14(21-24)16(17,18)19/h12H,2-9H2,1H3,(H2,20,26)/t12-/m1/s1. The molecule has 26 heavy (non-hydrogen) atoms. The monoisotopic (exact) mass is 373 g/mol. The van der Waals surface area contributed by atoms with Crippen LogP contribution < -0.4 is 5.73 Å². The predicted molar refractivity (Wildman–Crippen MR) is 86.1 cm³/mol. The van der Waals surface area contributed by atoms with Gasteiger partial charge in [0.05, 0.1) is 0 Å². The fraction of sp³-hybridized carbons (Fsp3) is 0.688. The number of carbonyl (C=O) groups is 2. The summed E-state index contributed by atoms with van der Waals surface area (Å²) in [5.41, 5.74) is 5.18. The van der Waals surface area contributed by atoms with Gasteiger partial charge in [-0.3, -0.25) is 19.2 Å². The summed E-state index contributed by atoms with van der Waals surface area (Å²) in [4.78, 5) is 27.3. The van der Waals surface area contributed by atoms with Gasteiger partial charge >= 0.3 is 6.18 Å². The number of nitrogens with two attached hydrogens (primary N) is 1. The Bertz CT molecular complexity index is 715. The molecule has 7 nitrogen and oxygen atoms in total. The summed E-state index contributed by atoms with van der Waals surface area (Å²) in [5, 5.41) is 3.71. The van der Waals surface area contributed by atoms with Crippen LogP contribution in [-0.2, 0) is 35.2 Å². The van der Waals surface area contributed by atoms with E-state index < -0.39 is 23.8 Å². The van der Waals surface area contributed by atoms with Crippen molar-refractivity contribution in [1.82, 2.24) is 19.6 Å². The minimum absolute atomic E-state index is 0.139. The lowest BCUT2D eigenvalue weighted by Crippen LogP contribution is -2.58. The molecule has 1 fully saturated rings. The molecule has 0 radical (unpaired) electrons. The van der Waals surface area contributed by atoms with Gasteiger partial charge in [0.15, 0.2) is 5.69 Å². The minimum atomic E-state index is -4.53. The molecule has 0 spiro atoms. The quantitative estimate of drug-likeness (QED) is 0.832. The van der Waals surface area contributed by atoms with E-state index in [1.165, 1.54) is 9.58 Å². The van der Waals surface area contributed by atoms with Crippen LogP contribution in [0.15, 0.2) is 0 Å². The van der Waals surface area contributed by atoms with Gasteiger partial charge in [0.25, 0.3) is 0 Å². The highest BCUT2D eigenvalue weighted by Gasteiger charge is 2.40. The van der Waals surface area contributed by atoms with Gasteiger partial charge in [-0.25, -0.2) is 0 Å². The van der Waals surface area contributed by atoms with E-state index in [1.807, 2.05) is 0 Å². The van der Waals surface area contributed by atoms with Crippen molar-refractivity contribution < 1.29 is 22.8 Å². The first kappa shape index (κ1) is 18.7. The van der Waals surface area contributed by atoms with E-state index in [-0.39, 0.29) is 24.6 Å². The average Bonchev–Trinajstić information content (AvgIpc) is 2.94. The number of rotatable bonds is 3. The topological polar surface area (TPSA) is 84.5 Å². The van der Waals surface area contributed by atoms with Crippen LogP contribution in [-0.4, -0.2) is 64.1 Å². The third-order valence-corrected chi connectivity index (χ3v) is 5.14. The Morgan fingerprint density at radius 1 is 1.23 bits per heavy atom. The summed E-state index contributed by atoms with van der Waals surface area (Å²) in [7, 11) is 1.75. The van der Waals surface area contributed by atoms with E-state index in [0.717, 1.165) is 6.42 Å². The SMILES string of the molecule is CN1CCN(C(=O)Cn2nc(C(F)(F)F)c3c2CCCC3)C[C@@H]1C(N)=O. The molecule has 1 aliphatic heterocycles. The molecule has 0 aromatic carbocycles. The number of hydrogen-bond donors (Lipinski definition) is 1. The predicted octanol–water partition coefficient (Wildman–Crippen LogP) is 0.409. The van der Waals surface area contributed by atoms with Crippen LogP contribution in [0.25, 0.3) is 0 Å². The van der Waals surface area contributed by atoms with Crippen LogP contribution >= 0.6 is 0 Å². The third-order valence-electron chi connectivity index (χ3n) is 5.14. The van der Waals surface area contributed by atoms with Gasteiger partial charge in [-0.15, -0.1) is 0 Å². The van der Waals surface area contributed by atoms with Crippen molar-refractivity contribution in [3.8, 4) is 0 Å². The summed E-state index contributed by atoms with van der Waals surface area (Å²) in [6.07, 6.45) is -2.24. The molecule has 1 aromatic heterocycles. The van der Waals surface area contributed by atoms with Crippen LogP contribution in [0.1, 0.15) is 29.8 Å². The third kappa shape index (κ3) is 3.55. The molecule has 1 aromatic rings. The number of likely N-dealkylation sites (N-methyl/N-ethyl adjacent to an activating group) is 1. The number of nitrogens with zero attached hydrogens (tertiary/aromatic N) is 4. The lowest BCUT2D eigenvalue weighted by molar-refractivity contribution is -0.143. The molecule has 2 aliphatic rings. The number of alkyl halides is 3. The fourth-order valence-corrected chi connectivity index (χ4v) is 3.66. The van der Waals surface area contributed by atoms with E-state index in [2.05, 4.69) is 5.10 Å². The summed E-state index contributed by atoms with van der Waals surface area (Å²) in [6, 6.07) is -0.593. The van der Waals surface area contributed by atoms with Gasteiger partial charge in [0.1, 0.15) is 12.6 Å². The number of amides is 2. The summed E-state index contributed by atoms with van der Waals surface area (Å²) >= 11 is 0. The molecule has 2 N–H and O–H groups in total.